The molecule has 0 atom stereocenters. The van der Waals surface area contributed by atoms with Gasteiger partial charge in [0.25, 0.3) is 0 Å². The molecule has 0 bridgehead atoms. The Morgan fingerprint density at radius 1 is 1.11 bits per heavy atom. The summed E-state index contributed by atoms with van der Waals surface area (Å²) in [6, 6.07) is 8.34. The van der Waals surface area contributed by atoms with Crippen LogP contribution in [0.2, 0.25) is 5.15 Å². The molecule has 0 amide bonds. The van der Waals surface area contributed by atoms with Gasteiger partial charge >= 0.3 is 0 Å². The van der Waals surface area contributed by atoms with Crippen molar-refractivity contribution in [2.75, 3.05) is 0 Å². The number of nitrogens with zero attached hydrogens (tertiary/aromatic N) is 4. The number of halogens is 1. The van der Waals surface area contributed by atoms with Gasteiger partial charge in [-0.3, -0.25) is 4.40 Å². The normalized spacial score (nSPS) is 11.4. The fourth-order valence-corrected chi connectivity index (χ4v) is 2.20. The molecule has 3 aromatic rings. The zero-order valence-corrected chi connectivity index (χ0v) is 11.5. The zero-order chi connectivity index (χ0) is 13.4. The van der Waals surface area contributed by atoms with E-state index >= 15 is 0 Å². The van der Waals surface area contributed by atoms with Crippen LogP contribution >= 0.6 is 11.6 Å². The lowest BCUT2D eigenvalue weighted by Crippen LogP contribution is -1.92. The Bertz CT molecular complexity index is 716. The van der Waals surface area contributed by atoms with E-state index in [1.165, 1.54) is 5.56 Å². The van der Waals surface area contributed by atoms with Crippen LogP contribution < -0.4 is 0 Å². The van der Waals surface area contributed by atoms with E-state index < -0.39 is 0 Å². The molecule has 5 heteroatoms. The first-order chi connectivity index (χ1) is 9.16. The first kappa shape index (κ1) is 12.1. The summed E-state index contributed by atoms with van der Waals surface area (Å²) in [5.74, 6) is 1.29. The molecular weight excluding hydrogens is 260 g/mol. The van der Waals surface area contributed by atoms with Crippen LogP contribution in [0.15, 0.2) is 36.7 Å². The van der Waals surface area contributed by atoms with Crippen LogP contribution in [0.3, 0.4) is 0 Å². The number of hydrogen-bond acceptors (Lipinski definition) is 3. The van der Waals surface area contributed by atoms with E-state index in [1.807, 2.05) is 10.6 Å². The third-order valence-corrected chi connectivity index (χ3v) is 3.39. The minimum Gasteiger partial charge on any atom is -0.278 e. The first-order valence-electron chi connectivity index (χ1n) is 6.12. The van der Waals surface area contributed by atoms with Gasteiger partial charge in [0.15, 0.2) is 16.6 Å². The second-order valence-corrected chi connectivity index (χ2v) is 5.07. The predicted molar refractivity (Wildman–Crippen MR) is 75.3 cm³/mol. The van der Waals surface area contributed by atoms with Gasteiger partial charge in [-0.15, -0.1) is 10.2 Å². The molecule has 0 unspecified atom stereocenters. The number of fused-ring (bicyclic) bond motifs is 1. The minimum absolute atomic E-state index is 0.361. The maximum Gasteiger partial charge on any atom is 0.198 e. The highest BCUT2D eigenvalue weighted by molar-refractivity contribution is 6.32. The van der Waals surface area contributed by atoms with Crippen molar-refractivity contribution >= 4 is 17.2 Å². The van der Waals surface area contributed by atoms with Crippen LogP contribution in [0.25, 0.3) is 17.0 Å². The topological polar surface area (TPSA) is 43.1 Å². The van der Waals surface area contributed by atoms with Crippen molar-refractivity contribution < 1.29 is 0 Å². The van der Waals surface area contributed by atoms with Gasteiger partial charge in [-0.2, -0.15) is 0 Å². The molecule has 2 heterocycles. The molecule has 96 valence electrons. The van der Waals surface area contributed by atoms with Crippen LogP contribution in [-0.2, 0) is 0 Å². The maximum atomic E-state index is 5.99. The van der Waals surface area contributed by atoms with Crippen molar-refractivity contribution in [2.24, 2.45) is 0 Å². The second kappa shape index (κ2) is 4.63. The molecule has 0 spiro atoms. The molecule has 1 aromatic carbocycles. The van der Waals surface area contributed by atoms with E-state index in [2.05, 4.69) is 53.3 Å². The third-order valence-electron chi connectivity index (χ3n) is 3.12. The largest absolute Gasteiger partial charge is 0.278 e. The van der Waals surface area contributed by atoms with Gasteiger partial charge in [0, 0.05) is 18.0 Å². The fraction of sp³-hybridized carbons (Fsp3) is 0.214. The summed E-state index contributed by atoms with van der Waals surface area (Å²) in [4.78, 5) is 3.99. The Hall–Kier alpha value is -1.94. The van der Waals surface area contributed by atoms with E-state index in [4.69, 9.17) is 11.6 Å². The zero-order valence-electron chi connectivity index (χ0n) is 10.7. The van der Waals surface area contributed by atoms with Gasteiger partial charge in [0.05, 0.1) is 0 Å². The summed E-state index contributed by atoms with van der Waals surface area (Å²) in [6.45, 7) is 4.35. The van der Waals surface area contributed by atoms with E-state index in [9.17, 15) is 0 Å². The molecule has 2 aromatic heterocycles. The molecule has 0 aliphatic rings. The minimum atomic E-state index is 0.361. The van der Waals surface area contributed by atoms with Gasteiger partial charge in [-0.1, -0.05) is 49.7 Å². The van der Waals surface area contributed by atoms with E-state index in [0.717, 1.165) is 11.4 Å². The molecule has 4 nitrogen and oxygen atoms in total. The molecular formula is C14H13ClN4. The fourth-order valence-electron chi connectivity index (χ4n) is 2.01. The van der Waals surface area contributed by atoms with Crippen molar-refractivity contribution in [1.82, 2.24) is 19.6 Å². The summed E-state index contributed by atoms with van der Waals surface area (Å²) >= 11 is 5.99. The van der Waals surface area contributed by atoms with E-state index in [0.29, 0.717) is 16.7 Å². The molecule has 0 fully saturated rings. The highest BCUT2D eigenvalue weighted by Gasteiger charge is 2.10. The highest BCUT2D eigenvalue weighted by atomic mass is 35.5. The number of benzene rings is 1. The molecule has 0 N–H and O–H groups in total. The first-order valence-corrected chi connectivity index (χ1v) is 6.50. The Morgan fingerprint density at radius 2 is 1.84 bits per heavy atom. The summed E-state index contributed by atoms with van der Waals surface area (Å²) in [5, 5.41) is 8.62. The summed E-state index contributed by atoms with van der Waals surface area (Å²) in [7, 11) is 0. The average Bonchev–Trinajstić information content (AvgIpc) is 2.84. The Balaban J connectivity index is 2.11. The summed E-state index contributed by atoms with van der Waals surface area (Å²) in [5.41, 5.74) is 2.89. The average molecular weight is 273 g/mol. The van der Waals surface area contributed by atoms with E-state index in [-0.39, 0.29) is 0 Å². The Kier molecular flexibility index (Phi) is 2.95. The van der Waals surface area contributed by atoms with Gasteiger partial charge in [-0.25, -0.2) is 4.98 Å². The SMILES string of the molecule is CC(C)c1ccc(-c2nnc3c(Cl)nccn23)cc1. The Labute approximate surface area is 116 Å². The van der Waals surface area contributed by atoms with Gasteiger partial charge < -0.3 is 0 Å². The van der Waals surface area contributed by atoms with E-state index in [1.54, 1.807) is 6.20 Å². The number of rotatable bonds is 2. The van der Waals surface area contributed by atoms with Gasteiger partial charge in [0.2, 0.25) is 0 Å². The Morgan fingerprint density at radius 3 is 2.53 bits per heavy atom. The van der Waals surface area contributed by atoms with Crippen molar-refractivity contribution in [2.45, 2.75) is 19.8 Å². The van der Waals surface area contributed by atoms with Crippen molar-refractivity contribution in [1.29, 1.82) is 0 Å². The summed E-state index contributed by atoms with van der Waals surface area (Å²) < 4.78 is 1.85. The maximum absolute atomic E-state index is 5.99. The van der Waals surface area contributed by atoms with Crippen LogP contribution in [0.1, 0.15) is 25.3 Å². The summed E-state index contributed by atoms with van der Waals surface area (Å²) in [6.07, 6.45) is 3.46. The smallest absolute Gasteiger partial charge is 0.198 e. The highest BCUT2D eigenvalue weighted by Crippen LogP contribution is 2.23. The third kappa shape index (κ3) is 2.08. The quantitative estimate of drug-likeness (QED) is 0.716. The van der Waals surface area contributed by atoms with Crippen LogP contribution in [0.5, 0.6) is 0 Å². The number of aromatic nitrogens is 4. The molecule has 3 rings (SSSR count). The lowest BCUT2D eigenvalue weighted by molar-refractivity contribution is 0.867. The molecule has 0 saturated carbocycles. The molecule has 19 heavy (non-hydrogen) atoms. The lowest BCUT2D eigenvalue weighted by atomic mass is 10.0. The molecule has 0 aliphatic heterocycles. The second-order valence-electron chi connectivity index (χ2n) is 4.71. The van der Waals surface area contributed by atoms with Crippen molar-refractivity contribution in [3.63, 3.8) is 0 Å². The van der Waals surface area contributed by atoms with Crippen molar-refractivity contribution in [3.8, 4) is 11.4 Å². The molecule has 0 saturated heterocycles. The predicted octanol–water partition coefficient (Wildman–Crippen LogP) is 3.57. The van der Waals surface area contributed by atoms with Crippen LogP contribution in [0, 0.1) is 0 Å². The molecule has 0 aliphatic carbocycles. The van der Waals surface area contributed by atoms with Gasteiger partial charge in [0.1, 0.15) is 0 Å². The molecule has 0 radical (unpaired) electrons. The van der Waals surface area contributed by atoms with Crippen LogP contribution in [0.4, 0.5) is 0 Å². The van der Waals surface area contributed by atoms with Crippen molar-refractivity contribution in [3.05, 3.63) is 47.4 Å². The monoisotopic (exact) mass is 272 g/mol. The van der Waals surface area contributed by atoms with Crippen LogP contribution in [-0.4, -0.2) is 19.6 Å². The standard InChI is InChI=1S/C14H13ClN4/c1-9(2)10-3-5-11(6-4-10)13-17-18-14-12(15)16-7-8-19(13)14/h3-9H,1-2H3. The lowest BCUT2D eigenvalue weighted by Gasteiger charge is -2.06. The number of hydrogen-bond donors (Lipinski definition) is 0. The van der Waals surface area contributed by atoms with Gasteiger partial charge in [-0.05, 0) is 11.5 Å².